The predicted octanol–water partition coefficient (Wildman–Crippen LogP) is 1.79. The minimum atomic E-state index is -0.312. The van der Waals surface area contributed by atoms with Gasteiger partial charge in [-0.05, 0) is 19.2 Å². The smallest absolute Gasteiger partial charge is 0.146 e. The molecule has 1 aromatic heterocycles. The van der Waals surface area contributed by atoms with Gasteiger partial charge in [-0.3, -0.25) is 4.98 Å². The van der Waals surface area contributed by atoms with Gasteiger partial charge in [-0.1, -0.05) is 0 Å². The summed E-state index contributed by atoms with van der Waals surface area (Å²) >= 11 is 0. The number of hydrogen-bond donors (Lipinski definition) is 1. The molecule has 80 valence electrons. The third kappa shape index (κ3) is 1.99. The molecule has 0 saturated heterocycles. The topological polar surface area (TPSA) is 34.1 Å². The summed E-state index contributed by atoms with van der Waals surface area (Å²) in [7, 11) is 1.78. The van der Waals surface area contributed by atoms with Crippen LogP contribution in [0.25, 0.3) is 0 Å². The lowest BCUT2D eigenvalue weighted by Gasteiger charge is -2.18. The third-order valence-corrected chi connectivity index (χ3v) is 2.42. The summed E-state index contributed by atoms with van der Waals surface area (Å²) in [5.41, 5.74) is 0.570. The van der Waals surface area contributed by atoms with Gasteiger partial charge in [0.15, 0.2) is 0 Å². The van der Waals surface area contributed by atoms with E-state index in [9.17, 15) is 4.39 Å². The van der Waals surface area contributed by atoms with E-state index in [0.29, 0.717) is 12.2 Å². The van der Waals surface area contributed by atoms with E-state index < -0.39 is 0 Å². The summed E-state index contributed by atoms with van der Waals surface area (Å²) in [5, 5.41) is 3.04. The number of nitrogens with one attached hydrogen (secondary N) is 1. The average Bonchev–Trinajstić information content (AvgIpc) is 2.75. The molecule has 0 fully saturated rings. The van der Waals surface area contributed by atoms with Crippen LogP contribution in [0.1, 0.15) is 18.0 Å². The molecular formula is C11H13FN2O. The summed E-state index contributed by atoms with van der Waals surface area (Å²) in [5.74, 6) is 0.482. The number of hydrogen-bond acceptors (Lipinski definition) is 3. The van der Waals surface area contributed by atoms with Crippen molar-refractivity contribution in [2.24, 2.45) is 0 Å². The summed E-state index contributed by atoms with van der Waals surface area (Å²) in [6.45, 7) is 0.681. The molecule has 4 heteroatoms. The molecule has 1 aliphatic heterocycles. The Morgan fingerprint density at radius 3 is 3.07 bits per heavy atom. The molecule has 2 rings (SSSR count). The number of rotatable bonds is 3. The number of pyridine rings is 1. The lowest BCUT2D eigenvalue weighted by atomic mass is 10.1. The van der Waals surface area contributed by atoms with Crippen LogP contribution in [-0.4, -0.2) is 18.6 Å². The largest absolute Gasteiger partial charge is 0.496 e. The van der Waals surface area contributed by atoms with E-state index in [0.717, 1.165) is 12.2 Å². The van der Waals surface area contributed by atoms with Crippen LogP contribution in [0, 0.1) is 5.82 Å². The molecule has 1 aromatic rings. The van der Waals surface area contributed by atoms with Crippen LogP contribution >= 0.6 is 0 Å². The molecule has 0 spiro atoms. The number of aromatic nitrogens is 1. The van der Waals surface area contributed by atoms with Gasteiger partial charge in [-0.25, -0.2) is 4.39 Å². The molecular weight excluding hydrogens is 195 g/mol. The van der Waals surface area contributed by atoms with Crippen molar-refractivity contribution >= 4 is 0 Å². The van der Waals surface area contributed by atoms with Crippen LogP contribution in [0.5, 0.6) is 0 Å². The minimum absolute atomic E-state index is 0.213. The zero-order chi connectivity index (χ0) is 10.7. The van der Waals surface area contributed by atoms with Gasteiger partial charge >= 0.3 is 0 Å². The van der Waals surface area contributed by atoms with E-state index in [-0.39, 0.29) is 11.9 Å². The first-order valence-corrected chi connectivity index (χ1v) is 4.92. The van der Waals surface area contributed by atoms with Crippen LogP contribution in [0.15, 0.2) is 30.3 Å². The molecule has 1 N–H and O–H groups in total. The SMILES string of the molecule is CNC(C1=CCCO1)c1ccncc1F. The summed E-state index contributed by atoms with van der Waals surface area (Å²) in [6.07, 6.45) is 5.68. The quantitative estimate of drug-likeness (QED) is 0.822. The molecule has 0 amide bonds. The fraction of sp³-hybridized carbons (Fsp3) is 0.364. The maximum absolute atomic E-state index is 13.5. The second kappa shape index (κ2) is 4.40. The van der Waals surface area contributed by atoms with E-state index >= 15 is 0 Å². The molecule has 15 heavy (non-hydrogen) atoms. The Morgan fingerprint density at radius 2 is 2.47 bits per heavy atom. The van der Waals surface area contributed by atoms with Crippen LogP contribution < -0.4 is 5.32 Å². The molecule has 2 heterocycles. The van der Waals surface area contributed by atoms with Crippen LogP contribution in [-0.2, 0) is 4.74 Å². The monoisotopic (exact) mass is 208 g/mol. The average molecular weight is 208 g/mol. The van der Waals surface area contributed by atoms with Gasteiger partial charge < -0.3 is 10.1 Å². The standard InChI is InChI=1S/C11H13FN2O/c1-13-11(10-3-2-6-15-10)8-4-5-14-7-9(8)12/h3-5,7,11,13H,2,6H2,1H3. The van der Waals surface area contributed by atoms with Crippen molar-refractivity contribution in [1.82, 2.24) is 10.3 Å². The van der Waals surface area contributed by atoms with Crippen LogP contribution in [0.2, 0.25) is 0 Å². The number of likely N-dealkylation sites (N-methyl/N-ethyl adjacent to an activating group) is 1. The zero-order valence-corrected chi connectivity index (χ0v) is 8.53. The van der Waals surface area contributed by atoms with E-state index in [2.05, 4.69) is 10.3 Å². The first kappa shape index (κ1) is 10.1. The molecule has 0 aromatic carbocycles. The van der Waals surface area contributed by atoms with Gasteiger partial charge in [-0.2, -0.15) is 0 Å². The van der Waals surface area contributed by atoms with Gasteiger partial charge in [0.1, 0.15) is 11.6 Å². The summed E-state index contributed by atoms with van der Waals surface area (Å²) < 4.78 is 18.9. The summed E-state index contributed by atoms with van der Waals surface area (Å²) in [4.78, 5) is 3.73. The summed E-state index contributed by atoms with van der Waals surface area (Å²) in [6, 6.07) is 1.45. The molecule has 1 aliphatic rings. The molecule has 3 nitrogen and oxygen atoms in total. The molecule has 0 bridgehead atoms. The van der Waals surface area contributed by atoms with Crippen LogP contribution in [0.4, 0.5) is 4.39 Å². The fourth-order valence-electron chi connectivity index (χ4n) is 1.71. The fourth-order valence-corrected chi connectivity index (χ4v) is 1.71. The highest BCUT2D eigenvalue weighted by Crippen LogP contribution is 2.27. The zero-order valence-electron chi connectivity index (χ0n) is 8.53. The van der Waals surface area contributed by atoms with Gasteiger partial charge in [-0.15, -0.1) is 0 Å². The second-order valence-electron chi connectivity index (χ2n) is 3.36. The van der Waals surface area contributed by atoms with E-state index in [4.69, 9.17) is 4.74 Å². The normalized spacial score (nSPS) is 17.1. The Kier molecular flexibility index (Phi) is 2.97. The lowest BCUT2D eigenvalue weighted by Crippen LogP contribution is -2.20. The molecule has 1 atom stereocenters. The maximum Gasteiger partial charge on any atom is 0.146 e. The first-order valence-electron chi connectivity index (χ1n) is 4.92. The van der Waals surface area contributed by atoms with E-state index in [1.54, 1.807) is 19.3 Å². The highest BCUT2D eigenvalue weighted by Gasteiger charge is 2.21. The van der Waals surface area contributed by atoms with Crippen molar-refractivity contribution in [2.45, 2.75) is 12.5 Å². The predicted molar refractivity (Wildman–Crippen MR) is 54.6 cm³/mol. The Hall–Kier alpha value is -1.42. The highest BCUT2D eigenvalue weighted by molar-refractivity contribution is 5.25. The van der Waals surface area contributed by atoms with E-state index in [1.165, 1.54) is 6.20 Å². The van der Waals surface area contributed by atoms with Crippen molar-refractivity contribution in [3.8, 4) is 0 Å². The first-order chi connectivity index (χ1) is 7.33. The Bertz CT molecular complexity index is 379. The van der Waals surface area contributed by atoms with Gasteiger partial charge in [0.2, 0.25) is 0 Å². The number of ether oxygens (including phenoxy) is 1. The van der Waals surface area contributed by atoms with Crippen molar-refractivity contribution in [1.29, 1.82) is 0 Å². The molecule has 0 saturated carbocycles. The number of halogens is 1. The van der Waals surface area contributed by atoms with Gasteiger partial charge in [0.05, 0.1) is 18.8 Å². The number of nitrogens with zero attached hydrogens (tertiary/aromatic N) is 1. The Balaban J connectivity index is 2.30. The third-order valence-electron chi connectivity index (χ3n) is 2.42. The highest BCUT2D eigenvalue weighted by atomic mass is 19.1. The second-order valence-corrected chi connectivity index (χ2v) is 3.36. The Labute approximate surface area is 88.0 Å². The Morgan fingerprint density at radius 1 is 1.60 bits per heavy atom. The lowest BCUT2D eigenvalue weighted by molar-refractivity contribution is 0.216. The van der Waals surface area contributed by atoms with Crippen molar-refractivity contribution in [2.75, 3.05) is 13.7 Å². The van der Waals surface area contributed by atoms with Crippen LogP contribution in [0.3, 0.4) is 0 Å². The van der Waals surface area contributed by atoms with Crippen molar-refractivity contribution in [3.05, 3.63) is 41.7 Å². The van der Waals surface area contributed by atoms with E-state index in [1.807, 2.05) is 6.08 Å². The molecule has 1 unspecified atom stereocenters. The van der Waals surface area contributed by atoms with Gasteiger partial charge in [0.25, 0.3) is 0 Å². The molecule has 0 aliphatic carbocycles. The van der Waals surface area contributed by atoms with Crippen molar-refractivity contribution in [3.63, 3.8) is 0 Å². The maximum atomic E-state index is 13.5. The minimum Gasteiger partial charge on any atom is -0.496 e. The molecule has 0 radical (unpaired) electrons. The van der Waals surface area contributed by atoms with Gasteiger partial charge in [0, 0.05) is 18.2 Å². The van der Waals surface area contributed by atoms with Crippen molar-refractivity contribution < 1.29 is 9.13 Å².